The number of allylic oxidation sites excluding steroid dienone is 1. The van der Waals surface area contributed by atoms with Gasteiger partial charge in [0.15, 0.2) is 0 Å². The quantitative estimate of drug-likeness (QED) is 0.533. The van der Waals surface area contributed by atoms with Crippen molar-refractivity contribution in [3.05, 3.63) is 12.2 Å². The lowest BCUT2D eigenvalue weighted by Gasteiger charge is -2.23. The van der Waals surface area contributed by atoms with Crippen LogP contribution in [0, 0.1) is 5.92 Å². The predicted molar refractivity (Wildman–Crippen MR) is 83.6 cm³/mol. The third-order valence-corrected chi connectivity index (χ3v) is 3.38. The number of unbranched alkanes of at least 4 members (excludes halogenated alkanes) is 1. The summed E-state index contributed by atoms with van der Waals surface area (Å²) in [7, 11) is 4.09. The molecule has 2 heteroatoms. The van der Waals surface area contributed by atoms with Gasteiger partial charge in [-0.05, 0) is 31.9 Å². The lowest BCUT2D eigenvalue weighted by Crippen LogP contribution is -2.30. The fraction of sp³-hybridized carbons (Fsp3) is 0.812. The molecule has 0 aromatic rings. The van der Waals surface area contributed by atoms with Crippen LogP contribution in [0.3, 0.4) is 0 Å². The number of rotatable bonds is 10. The Hall–Kier alpha value is -0.630. The van der Waals surface area contributed by atoms with Gasteiger partial charge in [0, 0.05) is 25.8 Å². The van der Waals surface area contributed by atoms with E-state index >= 15 is 0 Å². The lowest BCUT2D eigenvalue weighted by molar-refractivity contribution is 0.286. The summed E-state index contributed by atoms with van der Waals surface area (Å²) in [5, 5.41) is 0. The molecule has 0 aromatic heterocycles. The van der Waals surface area contributed by atoms with Gasteiger partial charge in [-0.25, -0.2) is 0 Å². The molecule has 0 bridgehead atoms. The molecule has 0 amide bonds. The van der Waals surface area contributed by atoms with E-state index in [9.17, 15) is 0 Å². The fourth-order valence-electron chi connectivity index (χ4n) is 2.15. The van der Waals surface area contributed by atoms with Gasteiger partial charge in [0.1, 0.15) is 0 Å². The minimum atomic E-state index is 0.836. The van der Waals surface area contributed by atoms with Crippen LogP contribution in [0.15, 0.2) is 17.1 Å². The first-order valence-corrected chi connectivity index (χ1v) is 7.48. The van der Waals surface area contributed by atoms with Gasteiger partial charge < -0.3 is 4.90 Å². The Kier molecular flexibility index (Phi) is 11.1. The Morgan fingerprint density at radius 3 is 2.50 bits per heavy atom. The molecule has 1 atom stereocenters. The number of aliphatic imine (C=N–C) groups is 1. The maximum atomic E-state index is 4.35. The molecule has 0 rings (SSSR count). The fourth-order valence-corrected chi connectivity index (χ4v) is 2.15. The average Bonchev–Trinajstić information content (AvgIpc) is 2.39. The van der Waals surface area contributed by atoms with Crippen molar-refractivity contribution in [2.45, 2.75) is 52.9 Å². The van der Waals surface area contributed by atoms with Crippen LogP contribution in [0.25, 0.3) is 0 Å². The van der Waals surface area contributed by atoms with Crippen LogP contribution in [0.4, 0.5) is 0 Å². The first-order valence-electron chi connectivity index (χ1n) is 7.48. The first kappa shape index (κ1) is 17.4. The Morgan fingerprint density at radius 2 is 2.00 bits per heavy atom. The third-order valence-electron chi connectivity index (χ3n) is 3.38. The minimum absolute atomic E-state index is 0.836. The minimum Gasteiger partial charge on any atom is -0.300 e. The summed E-state index contributed by atoms with van der Waals surface area (Å²) in [6.45, 7) is 8.89. The summed E-state index contributed by atoms with van der Waals surface area (Å²) in [6, 6.07) is 0. The van der Waals surface area contributed by atoms with Gasteiger partial charge in [-0.1, -0.05) is 46.1 Å². The van der Waals surface area contributed by atoms with Gasteiger partial charge in [0.05, 0.1) is 0 Å². The van der Waals surface area contributed by atoms with Crippen molar-refractivity contribution in [2.75, 3.05) is 27.2 Å². The van der Waals surface area contributed by atoms with Crippen molar-refractivity contribution >= 4 is 5.71 Å². The molecule has 0 aromatic carbocycles. The van der Waals surface area contributed by atoms with E-state index in [2.05, 4.69) is 49.9 Å². The van der Waals surface area contributed by atoms with E-state index in [4.69, 9.17) is 0 Å². The van der Waals surface area contributed by atoms with E-state index in [0.29, 0.717) is 0 Å². The zero-order valence-corrected chi connectivity index (χ0v) is 13.1. The van der Waals surface area contributed by atoms with Gasteiger partial charge in [-0.2, -0.15) is 0 Å². The molecule has 106 valence electrons. The van der Waals surface area contributed by atoms with Crippen molar-refractivity contribution < 1.29 is 0 Å². The highest BCUT2D eigenvalue weighted by atomic mass is 15.1. The predicted octanol–water partition coefficient (Wildman–Crippen LogP) is 4.17. The molecular formula is C16H32N2. The second-order valence-corrected chi connectivity index (χ2v) is 5.14. The van der Waals surface area contributed by atoms with Crippen molar-refractivity contribution in [3.8, 4) is 0 Å². The molecule has 0 saturated carbocycles. The molecule has 0 fully saturated rings. The zero-order chi connectivity index (χ0) is 13.8. The molecular weight excluding hydrogens is 220 g/mol. The molecule has 0 aliphatic carbocycles. The Labute approximate surface area is 114 Å². The van der Waals surface area contributed by atoms with Crippen molar-refractivity contribution in [3.63, 3.8) is 0 Å². The van der Waals surface area contributed by atoms with E-state index in [1.54, 1.807) is 0 Å². The molecule has 0 N–H and O–H groups in total. The lowest BCUT2D eigenvalue weighted by atomic mass is 9.99. The molecule has 0 saturated heterocycles. The summed E-state index contributed by atoms with van der Waals surface area (Å²) in [4.78, 5) is 6.76. The van der Waals surface area contributed by atoms with Crippen molar-refractivity contribution in [2.24, 2.45) is 10.9 Å². The molecule has 0 spiro atoms. The van der Waals surface area contributed by atoms with E-state index < -0.39 is 0 Å². The second-order valence-electron chi connectivity index (χ2n) is 5.14. The summed E-state index contributed by atoms with van der Waals surface area (Å²) >= 11 is 0. The van der Waals surface area contributed by atoms with E-state index in [0.717, 1.165) is 18.9 Å². The highest BCUT2D eigenvalue weighted by molar-refractivity contribution is 5.96. The van der Waals surface area contributed by atoms with Crippen LogP contribution in [0.5, 0.6) is 0 Å². The summed E-state index contributed by atoms with van der Waals surface area (Å²) < 4.78 is 0. The van der Waals surface area contributed by atoms with Crippen molar-refractivity contribution in [1.29, 1.82) is 0 Å². The third kappa shape index (κ3) is 8.46. The number of hydrogen-bond donors (Lipinski definition) is 0. The number of nitrogens with zero attached hydrogens (tertiary/aromatic N) is 2. The largest absolute Gasteiger partial charge is 0.300 e. The maximum Gasteiger partial charge on any atom is 0.0481 e. The smallest absolute Gasteiger partial charge is 0.0481 e. The topological polar surface area (TPSA) is 15.6 Å². The summed E-state index contributed by atoms with van der Waals surface area (Å²) in [5.74, 6) is 0.836. The van der Waals surface area contributed by atoms with Gasteiger partial charge in [-0.15, -0.1) is 0 Å². The standard InChI is InChI=1S/C16H32N2/c1-6-9-11-15(8-3)13-18(5)14-16(17-4)12-10-7-2/h10,12,15H,6-9,11,13-14H2,1-5H3/b12-10-,17-16?. The highest BCUT2D eigenvalue weighted by Crippen LogP contribution is 2.13. The maximum absolute atomic E-state index is 4.35. The van der Waals surface area contributed by atoms with Crippen LogP contribution in [-0.2, 0) is 0 Å². The second kappa shape index (κ2) is 11.5. The van der Waals surface area contributed by atoms with Crippen LogP contribution < -0.4 is 0 Å². The van der Waals surface area contributed by atoms with Gasteiger partial charge in [0.25, 0.3) is 0 Å². The highest BCUT2D eigenvalue weighted by Gasteiger charge is 2.10. The van der Waals surface area contributed by atoms with Gasteiger partial charge >= 0.3 is 0 Å². The molecule has 2 nitrogen and oxygen atoms in total. The van der Waals surface area contributed by atoms with E-state index in [-0.39, 0.29) is 0 Å². The van der Waals surface area contributed by atoms with Crippen LogP contribution in [0.1, 0.15) is 52.9 Å². The SMILES string of the molecule is CC/C=C\C(CN(C)CC(CC)CCCC)=NC. The molecule has 1 unspecified atom stereocenters. The average molecular weight is 252 g/mol. The number of hydrogen-bond acceptors (Lipinski definition) is 2. The van der Waals surface area contributed by atoms with Crippen LogP contribution >= 0.6 is 0 Å². The van der Waals surface area contributed by atoms with E-state index in [1.807, 2.05) is 7.05 Å². The summed E-state index contributed by atoms with van der Waals surface area (Å²) in [5.41, 5.74) is 1.18. The Balaban J connectivity index is 4.13. The zero-order valence-electron chi connectivity index (χ0n) is 13.1. The Bertz CT molecular complexity index is 243. The van der Waals surface area contributed by atoms with Crippen LogP contribution in [-0.4, -0.2) is 37.8 Å². The molecule has 18 heavy (non-hydrogen) atoms. The van der Waals surface area contributed by atoms with Gasteiger partial charge in [-0.3, -0.25) is 4.99 Å². The van der Waals surface area contributed by atoms with Gasteiger partial charge in [0.2, 0.25) is 0 Å². The molecule has 0 aliphatic heterocycles. The van der Waals surface area contributed by atoms with E-state index in [1.165, 1.54) is 37.9 Å². The molecule has 0 aliphatic rings. The first-order chi connectivity index (χ1) is 8.67. The molecule has 0 heterocycles. The normalized spacial score (nSPS) is 14.7. The Morgan fingerprint density at radius 1 is 1.28 bits per heavy atom. The molecule has 0 radical (unpaired) electrons. The van der Waals surface area contributed by atoms with Crippen molar-refractivity contribution in [1.82, 2.24) is 4.90 Å². The van der Waals surface area contributed by atoms with Crippen LogP contribution in [0.2, 0.25) is 0 Å². The summed E-state index contributed by atoms with van der Waals surface area (Å²) in [6.07, 6.45) is 10.7. The monoisotopic (exact) mass is 252 g/mol.